The quantitative estimate of drug-likeness (QED) is 0.538. The molecule has 0 radical (unpaired) electrons. The third-order valence-electron chi connectivity index (χ3n) is 4.32. The molecule has 1 aromatic heterocycles. The van der Waals surface area contributed by atoms with Crippen molar-refractivity contribution in [3.63, 3.8) is 0 Å². The van der Waals surface area contributed by atoms with Crippen LogP contribution in [-0.4, -0.2) is 37.3 Å². The number of nitrogens with zero attached hydrogens (tertiary/aromatic N) is 1. The first-order valence-electron chi connectivity index (χ1n) is 10.1. The van der Waals surface area contributed by atoms with Crippen molar-refractivity contribution in [3.05, 3.63) is 53.9 Å². The van der Waals surface area contributed by atoms with Gasteiger partial charge in [0, 0.05) is 12.4 Å². The SMILES string of the molecule is CCCC(C(=O)NOC(C)(C)C)S(=O)(=O)Nc1ccc(Cc2cccnc2)cc1OC. The van der Waals surface area contributed by atoms with Gasteiger partial charge in [-0.1, -0.05) is 25.5 Å². The number of methoxy groups -OCH3 is 1. The molecular weight excluding hydrogens is 418 g/mol. The van der Waals surface area contributed by atoms with E-state index in [-0.39, 0.29) is 12.1 Å². The fourth-order valence-corrected chi connectivity index (χ4v) is 4.34. The summed E-state index contributed by atoms with van der Waals surface area (Å²) in [5.41, 5.74) is 3.86. The summed E-state index contributed by atoms with van der Waals surface area (Å²) >= 11 is 0. The molecule has 1 amide bonds. The van der Waals surface area contributed by atoms with Crippen LogP contribution in [0.2, 0.25) is 0 Å². The summed E-state index contributed by atoms with van der Waals surface area (Å²) in [6.45, 7) is 7.08. The molecule has 0 spiro atoms. The molecule has 2 N–H and O–H groups in total. The number of aromatic nitrogens is 1. The lowest BCUT2D eigenvalue weighted by molar-refractivity contribution is -0.145. The second-order valence-corrected chi connectivity index (χ2v) is 10.0. The molecule has 0 aliphatic rings. The highest BCUT2D eigenvalue weighted by atomic mass is 32.2. The Labute approximate surface area is 184 Å². The number of pyridine rings is 1. The maximum absolute atomic E-state index is 13.0. The van der Waals surface area contributed by atoms with Crippen molar-refractivity contribution in [2.24, 2.45) is 0 Å². The summed E-state index contributed by atoms with van der Waals surface area (Å²) in [6, 6.07) is 9.03. The molecule has 0 fully saturated rings. The summed E-state index contributed by atoms with van der Waals surface area (Å²) < 4.78 is 33.9. The Hall–Kier alpha value is -2.65. The number of carbonyl (C=O) groups excluding carboxylic acids is 1. The van der Waals surface area contributed by atoms with Crippen LogP contribution in [0.25, 0.3) is 0 Å². The largest absolute Gasteiger partial charge is 0.495 e. The van der Waals surface area contributed by atoms with Gasteiger partial charge in [-0.05, 0) is 62.9 Å². The van der Waals surface area contributed by atoms with Gasteiger partial charge in [-0.2, -0.15) is 0 Å². The van der Waals surface area contributed by atoms with Crippen LogP contribution in [0.1, 0.15) is 51.7 Å². The molecule has 0 aliphatic heterocycles. The molecule has 170 valence electrons. The van der Waals surface area contributed by atoms with Gasteiger partial charge in [0.05, 0.1) is 18.4 Å². The Kier molecular flexibility index (Phi) is 8.41. The normalized spacial score (nSPS) is 12.8. The maximum Gasteiger partial charge on any atom is 0.263 e. The first-order chi connectivity index (χ1) is 14.6. The summed E-state index contributed by atoms with van der Waals surface area (Å²) in [5, 5.41) is -1.31. The minimum absolute atomic E-state index is 0.149. The zero-order chi connectivity index (χ0) is 23.1. The van der Waals surface area contributed by atoms with E-state index >= 15 is 0 Å². The predicted octanol–water partition coefficient (Wildman–Crippen LogP) is 3.44. The van der Waals surface area contributed by atoms with Crippen LogP contribution in [0.15, 0.2) is 42.7 Å². The van der Waals surface area contributed by atoms with Crippen LogP contribution in [0.3, 0.4) is 0 Å². The number of carbonyl (C=O) groups is 1. The van der Waals surface area contributed by atoms with Gasteiger partial charge >= 0.3 is 0 Å². The van der Waals surface area contributed by atoms with Crippen LogP contribution in [0, 0.1) is 0 Å². The average Bonchev–Trinajstić information content (AvgIpc) is 2.71. The minimum Gasteiger partial charge on any atom is -0.495 e. The van der Waals surface area contributed by atoms with Gasteiger partial charge in [0.2, 0.25) is 10.0 Å². The van der Waals surface area contributed by atoms with Gasteiger partial charge in [-0.3, -0.25) is 19.3 Å². The second-order valence-electron chi connectivity index (χ2n) is 8.18. The highest BCUT2D eigenvalue weighted by Gasteiger charge is 2.33. The van der Waals surface area contributed by atoms with Crippen molar-refractivity contribution in [2.45, 2.75) is 57.8 Å². The second kappa shape index (κ2) is 10.6. The zero-order valence-corrected chi connectivity index (χ0v) is 19.5. The van der Waals surface area contributed by atoms with Gasteiger partial charge in [0.15, 0.2) is 5.25 Å². The monoisotopic (exact) mass is 449 g/mol. The third kappa shape index (κ3) is 7.52. The molecule has 8 nitrogen and oxygen atoms in total. The van der Waals surface area contributed by atoms with Gasteiger partial charge < -0.3 is 4.74 Å². The van der Waals surface area contributed by atoms with Crippen molar-refractivity contribution < 1.29 is 22.8 Å². The fraction of sp³-hybridized carbons (Fsp3) is 0.455. The van der Waals surface area contributed by atoms with Crippen molar-refractivity contribution in [2.75, 3.05) is 11.8 Å². The van der Waals surface area contributed by atoms with E-state index in [1.54, 1.807) is 45.3 Å². The number of hydroxylamine groups is 1. The zero-order valence-electron chi connectivity index (χ0n) is 18.6. The molecule has 2 rings (SSSR count). The Bertz CT molecular complexity index is 972. The Morgan fingerprint density at radius 3 is 2.52 bits per heavy atom. The maximum atomic E-state index is 13.0. The topological polar surface area (TPSA) is 107 Å². The van der Waals surface area contributed by atoms with E-state index in [1.165, 1.54) is 7.11 Å². The first-order valence-corrected chi connectivity index (χ1v) is 11.7. The lowest BCUT2D eigenvalue weighted by Gasteiger charge is -2.23. The lowest BCUT2D eigenvalue weighted by atomic mass is 10.1. The van der Waals surface area contributed by atoms with Gasteiger partial charge in [-0.15, -0.1) is 0 Å². The summed E-state index contributed by atoms with van der Waals surface area (Å²) in [6.07, 6.45) is 4.77. The van der Waals surface area contributed by atoms with Crippen molar-refractivity contribution >= 4 is 21.6 Å². The van der Waals surface area contributed by atoms with Gasteiger partial charge in [0.1, 0.15) is 5.75 Å². The number of sulfonamides is 1. The molecule has 1 atom stereocenters. The van der Waals surface area contributed by atoms with Crippen LogP contribution in [0.4, 0.5) is 5.69 Å². The molecule has 1 heterocycles. The number of nitrogens with one attached hydrogen (secondary N) is 2. The molecule has 9 heteroatoms. The molecule has 0 bridgehead atoms. The van der Waals surface area contributed by atoms with Crippen LogP contribution in [-0.2, 0) is 26.1 Å². The number of hydrogen-bond donors (Lipinski definition) is 2. The Morgan fingerprint density at radius 1 is 1.19 bits per heavy atom. The van der Waals surface area contributed by atoms with E-state index in [0.29, 0.717) is 18.6 Å². The van der Waals surface area contributed by atoms with Crippen LogP contribution >= 0.6 is 0 Å². The summed E-state index contributed by atoms with van der Waals surface area (Å²) in [4.78, 5) is 21.9. The van der Waals surface area contributed by atoms with E-state index in [9.17, 15) is 13.2 Å². The van der Waals surface area contributed by atoms with Crippen LogP contribution < -0.4 is 14.9 Å². The summed E-state index contributed by atoms with van der Waals surface area (Å²) in [7, 11) is -2.57. The molecule has 0 aliphatic carbocycles. The Morgan fingerprint density at radius 2 is 1.94 bits per heavy atom. The van der Waals surface area contributed by atoms with E-state index in [1.807, 2.05) is 25.1 Å². The molecule has 1 aromatic carbocycles. The Balaban J connectivity index is 2.21. The van der Waals surface area contributed by atoms with Crippen molar-refractivity contribution in [3.8, 4) is 5.75 Å². The van der Waals surface area contributed by atoms with Crippen molar-refractivity contribution in [1.82, 2.24) is 10.5 Å². The van der Waals surface area contributed by atoms with Gasteiger partial charge in [0.25, 0.3) is 5.91 Å². The van der Waals surface area contributed by atoms with Crippen molar-refractivity contribution in [1.29, 1.82) is 0 Å². The lowest BCUT2D eigenvalue weighted by Crippen LogP contribution is -2.44. The smallest absolute Gasteiger partial charge is 0.263 e. The van der Waals surface area contributed by atoms with E-state index in [4.69, 9.17) is 9.57 Å². The van der Waals surface area contributed by atoms with Gasteiger partial charge in [-0.25, -0.2) is 13.9 Å². The van der Waals surface area contributed by atoms with E-state index < -0.39 is 26.8 Å². The number of hydrogen-bond acceptors (Lipinski definition) is 6. The number of ether oxygens (including phenoxy) is 1. The molecule has 0 saturated heterocycles. The predicted molar refractivity (Wildman–Crippen MR) is 120 cm³/mol. The first kappa shape index (κ1) is 24.6. The standard InChI is InChI=1S/C22H31N3O5S/c1-6-8-20(21(26)24-30-22(2,3)4)31(27,28)25-18-11-10-16(14-19(18)29-5)13-17-9-7-12-23-15-17/h7,9-12,14-15,20,25H,6,8,13H2,1-5H3,(H,24,26). The number of anilines is 1. The fourth-order valence-electron chi connectivity index (χ4n) is 2.85. The minimum atomic E-state index is -4.04. The van der Waals surface area contributed by atoms with E-state index in [2.05, 4.69) is 15.2 Å². The third-order valence-corrected chi connectivity index (χ3v) is 6.03. The average molecular weight is 450 g/mol. The van der Waals surface area contributed by atoms with E-state index in [0.717, 1.165) is 11.1 Å². The molecule has 0 saturated carbocycles. The number of benzene rings is 1. The highest BCUT2D eigenvalue weighted by Crippen LogP contribution is 2.29. The highest BCUT2D eigenvalue weighted by molar-refractivity contribution is 7.94. The molecule has 1 unspecified atom stereocenters. The molecule has 2 aromatic rings. The molecule has 31 heavy (non-hydrogen) atoms. The molecular formula is C22H31N3O5S. The van der Waals surface area contributed by atoms with Crippen LogP contribution in [0.5, 0.6) is 5.75 Å². The number of rotatable bonds is 10. The summed E-state index contributed by atoms with van der Waals surface area (Å²) in [5.74, 6) is -0.344. The number of amides is 1.